The molecule has 1 aromatic rings. The zero-order chi connectivity index (χ0) is 14.6. The quantitative estimate of drug-likeness (QED) is 0.471. The van der Waals surface area contributed by atoms with E-state index < -0.39 is 6.16 Å². The van der Waals surface area contributed by atoms with Crippen molar-refractivity contribution in [1.29, 1.82) is 0 Å². The first-order valence-electron chi connectivity index (χ1n) is 7.64. The van der Waals surface area contributed by atoms with Crippen molar-refractivity contribution in [3.63, 3.8) is 0 Å². The maximum absolute atomic E-state index is 10.4. The van der Waals surface area contributed by atoms with Gasteiger partial charge in [0.25, 0.3) is 0 Å². The van der Waals surface area contributed by atoms with E-state index >= 15 is 0 Å². The summed E-state index contributed by atoms with van der Waals surface area (Å²) in [6.45, 7) is 2.50. The van der Waals surface area contributed by atoms with Gasteiger partial charge in [-0.25, -0.2) is 4.79 Å². The van der Waals surface area contributed by atoms with E-state index in [0.717, 1.165) is 12.8 Å². The third-order valence-electron chi connectivity index (χ3n) is 3.62. The van der Waals surface area contributed by atoms with Crippen molar-refractivity contribution in [2.24, 2.45) is 0 Å². The summed E-state index contributed by atoms with van der Waals surface area (Å²) in [5, 5.41) is 8.55. The first-order chi connectivity index (χ1) is 9.74. The van der Waals surface area contributed by atoms with E-state index in [4.69, 9.17) is 5.11 Å². The molecule has 3 nitrogen and oxygen atoms in total. The third kappa shape index (κ3) is 7.17. The van der Waals surface area contributed by atoms with Crippen LogP contribution in [-0.4, -0.2) is 17.9 Å². The molecule has 1 rings (SSSR count). The zero-order valence-electron chi connectivity index (χ0n) is 12.4. The summed E-state index contributed by atoms with van der Waals surface area (Å²) in [7, 11) is 0. The number of hydrogen-bond acceptors (Lipinski definition) is 2. The highest BCUT2D eigenvalue weighted by molar-refractivity contribution is 5.56. The molecule has 0 radical (unpaired) electrons. The molecule has 0 aliphatic carbocycles. The minimum atomic E-state index is -1.18. The van der Waals surface area contributed by atoms with Crippen molar-refractivity contribution < 1.29 is 14.6 Å². The molecule has 0 spiro atoms. The van der Waals surface area contributed by atoms with Crippen LogP contribution in [0, 0.1) is 0 Å². The molecular weight excluding hydrogens is 252 g/mol. The van der Waals surface area contributed by atoms with Crippen molar-refractivity contribution in [2.75, 3.05) is 6.61 Å². The summed E-state index contributed by atoms with van der Waals surface area (Å²) in [5.74, 6) is 0.400. The number of carbonyl (C=O) groups is 1. The van der Waals surface area contributed by atoms with Gasteiger partial charge >= 0.3 is 6.16 Å². The minimum Gasteiger partial charge on any atom is -0.450 e. The van der Waals surface area contributed by atoms with Gasteiger partial charge in [0.05, 0.1) is 6.61 Å². The van der Waals surface area contributed by atoms with Crippen LogP contribution >= 0.6 is 0 Å². The number of hydrogen-bond donors (Lipinski definition) is 1. The summed E-state index contributed by atoms with van der Waals surface area (Å²) in [4.78, 5) is 10.4. The predicted molar refractivity (Wildman–Crippen MR) is 81.2 cm³/mol. The zero-order valence-corrected chi connectivity index (χ0v) is 12.4. The van der Waals surface area contributed by atoms with Crippen molar-refractivity contribution >= 4 is 6.16 Å². The van der Waals surface area contributed by atoms with Crippen molar-refractivity contribution in [1.82, 2.24) is 0 Å². The van der Waals surface area contributed by atoms with Crippen molar-refractivity contribution in [3.05, 3.63) is 35.9 Å². The van der Waals surface area contributed by atoms with E-state index in [1.54, 1.807) is 0 Å². The predicted octanol–water partition coefficient (Wildman–Crippen LogP) is 5.22. The van der Waals surface area contributed by atoms with Gasteiger partial charge in [0.1, 0.15) is 0 Å². The lowest BCUT2D eigenvalue weighted by Gasteiger charge is -2.17. The molecule has 0 aromatic heterocycles. The van der Waals surface area contributed by atoms with Crippen LogP contribution in [0.4, 0.5) is 4.79 Å². The molecule has 0 saturated carbocycles. The normalized spacial score (nSPS) is 12.1. The molecule has 1 N–H and O–H groups in total. The molecule has 1 unspecified atom stereocenters. The van der Waals surface area contributed by atoms with E-state index in [2.05, 4.69) is 23.8 Å². The second-order valence-corrected chi connectivity index (χ2v) is 5.21. The van der Waals surface area contributed by atoms with Gasteiger partial charge in [-0.3, -0.25) is 0 Å². The fraction of sp³-hybridized carbons (Fsp3) is 0.588. The van der Waals surface area contributed by atoms with Crippen LogP contribution in [0.5, 0.6) is 0 Å². The molecular formula is C17H26O3. The fourth-order valence-corrected chi connectivity index (χ4v) is 2.49. The van der Waals surface area contributed by atoms with E-state index in [9.17, 15) is 4.79 Å². The smallest absolute Gasteiger partial charge is 0.450 e. The van der Waals surface area contributed by atoms with Gasteiger partial charge in [0, 0.05) is 0 Å². The fourth-order valence-electron chi connectivity index (χ4n) is 2.49. The largest absolute Gasteiger partial charge is 0.505 e. The van der Waals surface area contributed by atoms with E-state index in [1.807, 2.05) is 18.2 Å². The molecule has 0 aliphatic rings. The average molecular weight is 278 g/mol. The summed E-state index contributed by atoms with van der Waals surface area (Å²) < 4.78 is 4.66. The summed E-state index contributed by atoms with van der Waals surface area (Å²) in [6, 6.07) is 10.3. The molecule has 1 aromatic carbocycles. The van der Waals surface area contributed by atoms with Gasteiger partial charge in [0.15, 0.2) is 0 Å². The van der Waals surface area contributed by atoms with Gasteiger partial charge in [-0.2, -0.15) is 0 Å². The van der Waals surface area contributed by atoms with Gasteiger partial charge in [-0.1, -0.05) is 69.4 Å². The van der Waals surface area contributed by atoms with Crippen molar-refractivity contribution in [2.45, 2.75) is 57.8 Å². The Morgan fingerprint density at radius 3 is 2.45 bits per heavy atom. The molecule has 0 bridgehead atoms. The van der Waals surface area contributed by atoms with Crippen LogP contribution in [-0.2, 0) is 4.74 Å². The first-order valence-corrected chi connectivity index (χ1v) is 7.64. The van der Waals surface area contributed by atoms with Gasteiger partial charge in [0.2, 0.25) is 0 Å². The Labute approximate surface area is 122 Å². The van der Waals surface area contributed by atoms with Gasteiger partial charge in [-0.15, -0.1) is 0 Å². The Morgan fingerprint density at radius 2 is 1.80 bits per heavy atom. The monoisotopic (exact) mass is 278 g/mol. The molecule has 3 heteroatoms. The Morgan fingerprint density at radius 1 is 1.10 bits per heavy atom. The van der Waals surface area contributed by atoms with E-state index in [1.165, 1.54) is 37.7 Å². The highest BCUT2D eigenvalue weighted by Gasteiger charge is 2.12. The maximum atomic E-state index is 10.4. The summed E-state index contributed by atoms with van der Waals surface area (Å²) in [6.07, 6.45) is 7.01. The molecule has 0 saturated heterocycles. The maximum Gasteiger partial charge on any atom is 0.505 e. The number of rotatable bonds is 10. The Kier molecular flexibility index (Phi) is 8.52. The van der Waals surface area contributed by atoms with E-state index in [0.29, 0.717) is 5.92 Å². The molecule has 0 heterocycles. The van der Waals surface area contributed by atoms with Gasteiger partial charge < -0.3 is 9.84 Å². The molecule has 0 fully saturated rings. The SMILES string of the molecule is CCCCCCCC(CCOC(=O)O)c1ccccc1. The molecule has 20 heavy (non-hydrogen) atoms. The van der Waals surface area contributed by atoms with Crippen molar-refractivity contribution in [3.8, 4) is 0 Å². The Bertz CT molecular complexity index is 362. The number of carboxylic acid groups (broad SMARTS) is 1. The lowest BCUT2D eigenvalue weighted by Crippen LogP contribution is -2.07. The minimum absolute atomic E-state index is 0.282. The van der Waals surface area contributed by atoms with E-state index in [-0.39, 0.29) is 6.61 Å². The number of unbranched alkanes of at least 4 members (excludes halogenated alkanes) is 4. The van der Waals surface area contributed by atoms with Crippen LogP contribution in [0.3, 0.4) is 0 Å². The second-order valence-electron chi connectivity index (χ2n) is 5.21. The van der Waals surface area contributed by atoms with Crippen LogP contribution in [0.2, 0.25) is 0 Å². The lowest BCUT2D eigenvalue weighted by atomic mass is 9.90. The summed E-state index contributed by atoms with van der Waals surface area (Å²) in [5.41, 5.74) is 1.29. The standard InChI is InChI=1S/C17H26O3/c1-2-3-4-5-7-12-16(13-14-20-17(18)19)15-10-8-6-9-11-15/h6,8-11,16H,2-5,7,12-14H2,1H3,(H,18,19). The number of benzene rings is 1. The first kappa shape index (κ1) is 16.5. The molecule has 0 aliphatic heterocycles. The van der Waals surface area contributed by atoms with Gasteiger partial charge in [-0.05, 0) is 24.3 Å². The highest BCUT2D eigenvalue weighted by Crippen LogP contribution is 2.26. The Hall–Kier alpha value is -1.51. The third-order valence-corrected chi connectivity index (χ3v) is 3.62. The van der Waals surface area contributed by atoms with Crippen LogP contribution in [0.1, 0.15) is 63.4 Å². The second kappa shape index (κ2) is 10.3. The Balaban J connectivity index is 2.41. The molecule has 0 amide bonds. The topological polar surface area (TPSA) is 46.5 Å². The van der Waals surface area contributed by atoms with Crippen LogP contribution in [0.15, 0.2) is 30.3 Å². The average Bonchev–Trinajstić information content (AvgIpc) is 2.46. The lowest BCUT2D eigenvalue weighted by molar-refractivity contribution is 0.0885. The molecule has 112 valence electrons. The number of ether oxygens (including phenoxy) is 1. The van der Waals surface area contributed by atoms with Crippen LogP contribution in [0.25, 0.3) is 0 Å². The van der Waals surface area contributed by atoms with Crippen LogP contribution < -0.4 is 0 Å². The molecule has 1 atom stereocenters. The highest BCUT2D eigenvalue weighted by atomic mass is 16.7. The summed E-state index contributed by atoms with van der Waals surface area (Å²) >= 11 is 0.